The quantitative estimate of drug-likeness (QED) is 0.588. The Morgan fingerprint density at radius 3 is 2.67 bits per heavy atom. The van der Waals surface area contributed by atoms with Crippen molar-refractivity contribution in [3.63, 3.8) is 0 Å². The molecule has 0 aliphatic rings. The maximum absolute atomic E-state index is 11.7. The van der Waals surface area contributed by atoms with Gasteiger partial charge in [-0.2, -0.15) is 0 Å². The Morgan fingerprint density at radius 1 is 1.24 bits per heavy atom. The van der Waals surface area contributed by atoms with Crippen LogP contribution in [0.3, 0.4) is 0 Å². The number of aromatic nitrogens is 1. The Morgan fingerprint density at radius 2 is 2.05 bits per heavy atom. The number of carboxylic acids is 1. The van der Waals surface area contributed by atoms with Gasteiger partial charge in [-0.05, 0) is 35.9 Å². The van der Waals surface area contributed by atoms with Crippen LogP contribution >= 0.6 is 0 Å². The summed E-state index contributed by atoms with van der Waals surface area (Å²) in [6, 6.07) is 9.91. The minimum absolute atomic E-state index is 0.0803. The molecule has 106 valence electrons. The van der Waals surface area contributed by atoms with E-state index < -0.39 is 5.97 Å². The Hall–Kier alpha value is -3.15. The van der Waals surface area contributed by atoms with Crippen LogP contribution < -0.4 is 11.1 Å². The number of nitrogen functional groups attached to an aromatic ring is 1. The first kappa shape index (κ1) is 14.3. The van der Waals surface area contributed by atoms with Gasteiger partial charge in [0, 0.05) is 11.8 Å². The molecule has 0 bridgehead atoms. The van der Waals surface area contributed by atoms with Crippen molar-refractivity contribution in [2.24, 2.45) is 0 Å². The third-order valence-corrected chi connectivity index (χ3v) is 2.59. The number of amides is 1. The molecule has 2 aromatic rings. The molecule has 0 saturated heterocycles. The van der Waals surface area contributed by atoms with Gasteiger partial charge in [0.25, 0.3) is 0 Å². The van der Waals surface area contributed by atoms with E-state index >= 15 is 0 Å². The van der Waals surface area contributed by atoms with Crippen LogP contribution in [0, 0.1) is 0 Å². The van der Waals surface area contributed by atoms with Crippen LogP contribution in [0.4, 0.5) is 11.4 Å². The van der Waals surface area contributed by atoms with Crippen molar-refractivity contribution in [2.75, 3.05) is 11.1 Å². The largest absolute Gasteiger partial charge is 0.477 e. The zero-order chi connectivity index (χ0) is 15.2. The number of hydrogen-bond donors (Lipinski definition) is 3. The molecule has 6 heteroatoms. The van der Waals surface area contributed by atoms with Gasteiger partial charge in [-0.15, -0.1) is 0 Å². The molecule has 1 heterocycles. The van der Waals surface area contributed by atoms with Crippen molar-refractivity contribution in [2.45, 2.75) is 0 Å². The second-order valence-corrected chi connectivity index (χ2v) is 4.23. The topological polar surface area (TPSA) is 105 Å². The van der Waals surface area contributed by atoms with Crippen LogP contribution in [0.15, 0.2) is 48.7 Å². The molecule has 21 heavy (non-hydrogen) atoms. The van der Waals surface area contributed by atoms with Crippen molar-refractivity contribution < 1.29 is 14.7 Å². The lowest BCUT2D eigenvalue weighted by molar-refractivity contribution is -0.111. The molecule has 0 atom stereocenters. The highest BCUT2D eigenvalue weighted by Gasteiger charge is 2.04. The van der Waals surface area contributed by atoms with Crippen LogP contribution in [0.2, 0.25) is 0 Å². The molecule has 1 amide bonds. The predicted octanol–water partition coefficient (Wildman–Crippen LogP) is 2.01. The van der Waals surface area contributed by atoms with Crippen LogP contribution in [0.25, 0.3) is 6.08 Å². The summed E-state index contributed by atoms with van der Waals surface area (Å²) in [4.78, 5) is 26.1. The zero-order valence-electron chi connectivity index (χ0n) is 11.0. The van der Waals surface area contributed by atoms with Crippen molar-refractivity contribution in [1.29, 1.82) is 0 Å². The lowest BCUT2D eigenvalue weighted by atomic mass is 10.2. The first-order chi connectivity index (χ1) is 10.0. The second-order valence-electron chi connectivity index (χ2n) is 4.23. The van der Waals surface area contributed by atoms with Gasteiger partial charge in [0.1, 0.15) is 5.69 Å². The van der Waals surface area contributed by atoms with Gasteiger partial charge in [0.2, 0.25) is 5.91 Å². The van der Waals surface area contributed by atoms with Gasteiger partial charge in [0.15, 0.2) is 0 Å². The van der Waals surface area contributed by atoms with E-state index in [0.717, 1.165) is 5.56 Å². The van der Waals surface area contributed by atoms with Crippen LogP contribution in [0.5, 0.6) is 0 Å². The zero-order valence-corrected chi connectivity index (χ0v) is 11.0. The smallest absolute Gasteiger partial charge is 0.354 e. The minimum Gasteiger partial charge on any atom is -0.477 e. The number of hydrogen-bond acceptors (Lipinski definition) is 4. The average molecular weight is 283 g/mol. The van der Waals surface area contributed by atoms with Gasteiger partial charge in [-0.3, -0.25) is 4.79 Å². The third kappa shape index (κ3) is 4.17. The van der Waals surface area contributed by atoms with E-state index in [1.807, 2.05) is 6.07 Å². The Bertz CT molecular complexity index is 694. The van der Waals surface area contributed by atoms with E-state index in [0.29, 0.717) is 11.4 Å². The summed E-state index contributed by atoms with van der Waals surface area (Å²) in [5, 5.41) is 11.3. The summed E-state index contributed by atoms with van der Waals surface area (Å²) in [6.45, 7) is 0. The highest BCUT2D eigenvalue weighted by Crippen LogP contribution is 2.09. The molecule has 0 aliphatic carbocycles. The van der Waals surface area contributed by atoms with Crippen molar-refractivity contribution >= 4 is 29.3 Å². The maximum atomic E-state index is 11.7. The fourth-order valence-electron chi connectivity index (χ4n) is 1.61. The summed E-state index contributed by atoms with van der Waals surface area (Å²) in [5.41, 5.74) is 7.40. The molecule has 0 unspecified atom stereocenters. The molecule has 4 N–H and O–H groups in total. The van der Waals surface area contributed by atoms with Crippen LogP contribution in [-0.2, 0) is 4.79 Å². The fourth-order valence-corrected chi connectivity index (χ4v) is 1.61. The molecule has 0 radical (unpaired) electrons. The number of benzene rings is 1. The van der Waals surface area contributed by atoms with Crippen molar-refractivity contribution in [1.82, 2.24) is 4.98 Å². The van der Waals surface area contributed by atoms with E-state index in [1.54, 1.807) is 24.3 Å². The SMILES string of the molecule is Nc1cccc(/C=C/C(=O)Nc2ccc(C(=O)O)nc2)c1. The number of anilines is 2. The number of nitrogens with zero attached hydrogens (tertiary/aromatic N) is 1. The minimum atomic E-state index is -1.12. The second kappa shape index (κ2) is 6.33. The fraction of sp³-hybridized carbons (Fsp3) is 0. The van der Waals surface area contributed by atoms with Gasteiger partial charge in [-0.25, -0.2) is 9.78 Å². The molecule has 0 aliphatic heterocycles. The standard InChI is InChI=1S/C15H13N3O3/c16-11-3-1-2-10(8-11)4-7-14(19)18-12-5-6-13(15(20)21)17-9-12/h1-9H,16H2,(H,18,19)(H,20,21)/b7-4+. The molecular formula is C15H13N3O3. The number of carbonyl (C=O) groups is 2. The normalized spacial score (nSPS) is 10.5. The third-order valence-electron chi connectivity index (χ3n) is 2.59. The van der Waals surface area contributed by atoms with E-state index in [4.69, 9.17) is 10.8 Å². The van der Waals surface area contributed by atoms with Gasteiger partial charge < -0.3 is 16.2 Å². The van der Waals surface area contributed by atoms with Crippen LogP contribution in [0.1, 0.15) is 16.1 Å². The van der Waals surface area contributed by atoms with E-state index in [1.165, 1.54) is 24.4 Å². The summed E-state index contributed by atoms with van der Waals surface area (Å²) in [7, 11) is 0. The lowest BCUT2D eigenvalue weighted by Gasteiger charge is -2.02. The molecule has 0 saturated carbocycles. The number of rotatable bonds is 4. The van der Waals surface area contributed by atoms with Crippen molar-refractivity contribution in [3.05, 3.63) is 59.9 Å². The first-order valence-corrected chi connectivity index (χ1v) is 6.08. The molecule has 1 aromatic carbocycles. The molecule has 0 spiro atoms. The summed E-state index contributed by atoms with van der Waals surface area (Å²) in [5.74, 6) is -1.46. The molecule has 2 rings (SSSR count). The number of carbonyl (C=O) groups excluding carboxylic acids is 1. The monoisotopic (exact) mass is 283 g/mol. The van der Waals surface area contributed by atoms with E-state index in [9.17, 15) is 9.59 Å². The number of nitrogens with one attached hydrogen (secondary N) is 1. The number of pyridine rings is 1. The average Bonchev–Trinajstić information content (AvgIpc) is 2.46. The van der Waals surface area contributed by atoms with E-state index in [2.05, 4.69) is 10.3 Å². The lowest BCUT2D eigenvalue weighted by Crippen LogP contribution is -2.09. The predicted molar refractivity (Wildman–Crippen MR) is 79.7 cm³/mol. The molecule has 0 fully saturated rings. The van der Waals surface area contributed by atoms with E-state index in [-0.39, 0.29) is 11.6 Å². The van der Waals surface area contributed by atoms with Gasteiger partial charge >= 0.3 is 5.97 Å². The maximum Gasteiger partial charge on any atom is 0.354 e. The summed E-state index contributed by atoms with van der Waals surface area (Å²) < 4.78 is 0. The number of aromatic carboxylic acids is 1. The Kier molecular flexibility index (Phi) is 4.30. The summed E-state index contributed by atoms with van der Waals surface area (Å²) >= 11 is 0. The highest BCUT2D eigenvalue weighted by atomic mass is 16.4. The Balaban J connectivity index is 1.99. The number of nitrogens with two attached hydrogens (primary N) is 1. The van der Waals surface area contributed by atoms with Crippen LogP contribution in [-0.4, -0.2) is 22.0 Å². The highest BCUT2D eigenvalue weighted by molar-refractivity contribution is 6.02. The number of carboxylic acid groups (broad SMARTS) is 1. The summed E-state index contributed by atoms with van der Waals surface area (Å²) in [6.07, 6.45) is 4.28. The Labute approximate surface area is 120 Å². The molecule has 6 nitrogen and oxygen atoms in total. The van der Waals surface area contributed by atoms with Gasteiger partial charge in [0.05, 0.1) is 11.9 Å². The molecular weight excluding hydrogens is 270 g/mol. The first-order valence-electron chi connectivity index (χ1n) is 6.08. The van der Waals surface area contributed by atoms with Crippen molar-refractivity contribution in [3.8, 4) is 0 Å². The van der Waals surface area contributed by atoms with Gasteiger partial charge in [-0.1, -0.05) is 12.1 Å². The molecule has 1 aromatic heterocycles.